The standard InChI is InChI=1S/C10H21NO4/c1-5(2)11-8-6(3)15-7(4-12)9(13)10(8)14/h5-14H,4H2,1-3H3/t6?,7?,8?,9-,10+/m1/s1. The molecule has 5 heteroatoms. The van der Waals surface area contributed by atoms with Gasteiger partial charge in [-0.3, -0.25) is 0 Å². The summed E-state index contributed by atoms with van der Waals surface area (Å²) in [4.78, 5) is 0. The summed E-state index contributed by atoms with van der Waals surface area (Å²) in [6.45, 7) is 5.46. The van der Waals surface area contributed by atoms with Gasteiger partial charge in [0.25, 0.3) is 0 Å². The van der Waals surface area contributed by atoms with Crippen LogP contribution in [0.25, 0.3) is 0 Å². The molecule has 1 fully saturated rings. The van der Waals surface area contributed by atoms with E-state index in [4.69, 9.17) is 9.84 Å². The van der Waals surface area contributed by atoms with E-state index in [0.29, 0.717) is 0 Å². The van der Waals surface area contributed by atoms with Crippen molar-refractivity contribution in [3.63, 3.8) is 0 Å². The van der Waals surface area contributed by atoms with Gasteiger partial charge in [-0.05, 0) is 6.92 Å². The van der Waals surface area contributed by atoms with Crippen molar-refractivity contribution < 1.29 is 20.1 Å². The Labute approximate surface area is 90.1 Å². The summed E-state index contributed by atoms with van der Waals surface area (Å²) in [5.41, 5.74) is 0. The molecule has 1 rings (SSSR count). The predicted molar refractivity (Wildman–Crippen MR) is 55.5 cm³/mol. The normalized spacial score (nSPS) is 42.2. The molecular weight excluding hydrogens is 198 g/mol. The van der Waals surface area contributed by atoms with Crippen molar-refractivity contribution >= 4 is 0 Å². The minimum absolute atomic E-state index is 0.202. The van der Waals surface area contributed by atoms with Crippen LogP contribution in [0, 0.1) is 0 Å². The lowest BCUT2D eigenvalue weighted by Crippen LogP contribution is -2.63. The average molecular weight is 219 g/mol. The number of aliphatic hydroxyl groups excluding tert-OH is 3. The topological polar surface area (TPSA) is 82.0 Å². The molecule has 0 aliphatic carbocycles. The molecular formula is C10H21NO4. The van der Waals surface area contributed by atoms with Gasteiger partial charge in [0.05, 0.1) is 18.8 Å². The van der Waals surface area contributed by atoms with E-state index in [9.17, 15) is 10.2 Å². The molecule has 0 radical (unpaired) electrons. The van der Waals surface area contributed by atoms with Gasteiger partial charge in [0.2, 0.25) is 0 Å². The molecule has 0 aromatic rings. The molecule has 3 unspecified atom stereocenters. The highest BCUT2D eigenvalue weighted by molar-refractivity contribution is 4.95. The van der Waals surface area contributed by atoms with Crippen molar-refractivity contribution in [3.05, 3.63) is 0 Å². The van der Waals surface area contributed by atoms with Gasteiger partial charge >= 0.3 is 0 Å². The van der Waals surface area contributed by atoms with Gasteiger partial charge in [0.15, 0.2) is 0 Å². The van der Waals surface area contributed by atoms with E-state index in [1.165, 1.54) is 0 Å². The maximum absolute atomic E-state index is 9.85. The SMILES string of the molecule is CC(C)NC1C(C)OC(CO)[C@@H](O)[C@H]1O. The Bertz CT molecular complexity index is 200. The molecule has 0 bridgehead atoms. The first-order valence-electron chi connectivity index (χ1n) is 5.36. The molecule has 15 heavy (non-hydrogen) atoms. The van der Waals surface area contributed by atoms with Crippen LogP contribution in [-0.2, 0) is 4.74 Å². The number of hydrogen-bond acceptors (Lipinski definition) is 5. The molecule has 1 saturated heterocycles. The van der Waals surface area contributed by atoms with Crippen LogP contribution in [0.1, 0.15) is 20.8 Å². The number of ether oxygens (including phenoxy) is 1. The Kier molecular flexibility index (Phi) is 4.48. The summed E-state index contributed by atoms with van der Waals surface area (Å²) < 4.78 is 5.41. The highest BCUT2D eigenvalue weighted by Crippen LogP contribution is 2.21. The fourth-order valence-electron chi connectivity index (χ4n) is 1.92. The van der Waals surface area contributed by atoms with Crippen LogP contribution in [-0.4, -0.2) is 58.4 Å². The van der Waals surface area contributed by atoms with E-state index >= 15 is 0 Å². The van der Waals surface area contributed by atoms with E-state index < -0.39 is 18.3 Å². The second-order valence-electron chi connectivity index (χ2n) is 4.39. The molecule has 1 aliphatic heterocycles. The Morgan fingerprint density at radius 3 is 2.33 bits per heavy atom. The van der Waals surface area contributed by atoms with Crippen LogP contribution in [0.15, 0.2) is 0 Å². The van der Waals surface area contributed by atoms with E-state index in [-0.39, 0.29) is 24.8 Å². The lowest BCUT2D eigenvalue weighted by molar-refractivity contribution is -0.190. The molecule has 5 nitrogen and oxygen atoms in total. The molecule has 1 heterocycles. The van der Waals surface area contributed by atoms with Crippen molar-refractivity contribution in [2.24, 2.45) is 0 Å². The molecule has 0 spiro atoms. The second-order valence-corrected chi connectivity index (χ2v) is 4.39. The Balaban J connectivity index is 2.66. The van der Waals surface area contributed by atoms with Gasteiger partial charge in [-0.2, -0.15) is 0 Å². The highest BCUT2D eigenvalue weighted by atomic mass is 16.5. The highest BCUT2D eigenvalue weighted by Gasteiger charge is 2.42. The fourth-order valence-corrected chi connectivity index (χ4v) is 1.92. The minimum Gasteiger partial charge on any atom is -0.394 e. The Morgan fingerprint density at radius 1 is 1.27 bits per heavy atom. The van der Waals surface area contributed by atoms with Gasteiger partial charge in [-0.25, -0.2) is 0 Å². The minimum atomic E-state index is -1.04. The molecule has 0 amide bonds. The second kappa shape index (κ2) is 5.23. The summed E-state index contributed by atoms with van der Waals surface area (Å²) in [6.07, 6.45) is -2.88. The third kappa shape index (κ3) is 2.89. The molecule has 4 N–H and O–H groups in total. The van der Waals surface area contributed by atoms with Gasteiger partial charge in [-0.1, -0.05) is 13.8 Å². The first-order chi connectivity index (χ1) is 6.97. The van der Waals surface area contributed by atoms with Crippen molar-refractivity contribution in [2.75, 3.05) is 6.61 Å². The zero-order chi connectivity index (χ0) is 11.6. The van der Waals surface area contributed by atoms with E-state index in [0.717, 1.165) is 0 Å². The Hall–Kier alpha value is -0.200. The largest absolute Gasteiger partial charge is 0.394 e. The monoisotopic (exact) mass is 219 g/mol. The van der Waals surface area contributed by atoms with Crippen LogP contribution in [0.2, 0.25) is 0 Å². The number of aliphatic hydroxyl groups is 3. The molecule has 1 aliphatic rings. The number of nitrogens with one attached hydrogen (secondary N) is 1. The van der Waals surface area contributed by atoms with E-state index in [1.807, 2.05) is 20.8 Å². The zero-order valence-corrected chi connectivity index (χ0v) is 9.42. The molecule has 0 aromatic heterocycles. The van der Waals surface area contributed by atoms with Crippen molar-refractivity contribution in [3.8, 4) is 0 Å². The maximum Gasteiger partial charge on any atom is 0.110 e. The van der Waals surface area contributed by atoms with Gasteiger partial charge in [0.1, 0.15) is 18.3 Å². The molecule has 0 saturated carbocycles. The molecule has 90 valence electrons. The van der Waals surface area contributed by atoms with E-state index in [1.54, 1.807) is 0 Å². The van der Waals surface area contributed by atoms with Crippen molar-refractivity contribution in [1.82, 2.24) is 5.32 Å². The Morgan fingerprint density at radius 2 is 1.87 bits per heavy atom. The first kappa shape index (κ1) is 12.9. The first-order valence-corrected chi connectivity index (χ1v) is 5.36. The zero-order valence-electron chi connectivity index (χ0n) is 9.42. The van der Waals surface area contributed by atoms with Gasteiger partial charge in [-0.15, -0.1) is 0 Å². The smallest absolute Gasteiger partial charge is 0.110 e. The average Bonchev–Trinajstić information content (AvgIpc) is 2.18. The van der Waals surface area contributed by atoms with Crippen LogP contribution < -0.4 is 5.32 Å². The number of rotatable bonds is 3. The molecule has 5 atom stereocenters. The summed E-state index contributed by atoms with van der Waals surface area (Å²) in [6, 6.07) is -0.101. The predicted octanol–water partition coefficient (Wildman–Crippen LogP) is -1.15. The summed E-state index contributed by atoms with van der Waals surface area (Å²) >= 11 is 0. The lowest BCUT2D eigenvalue weighted by Gasteiger charge is -2.42. The van der Waals surface area contributed by atoms with Crippen molar-refractivity contribution in [1.29, 1.82) is 0 Å². The van der Waals surface area contributed by atoms with Crippen LogP contribution >= 0.6 is 0 Å². The molecule has 0 aromatic carbocycles. The van der Waals surface area contributed by atoms with Crippen molar-refractivity contribution in [2.45, 2.75) is 57.3 Å². The van der Waals surface area contributed by atoms with E-state index in [2.05, 4.69) is 5.32 Å². The van der Waals surface area contributed by atoms with Gasteiger partial charge < -0.3 is 25.4 Å². The van der Waals surface area contributed by atoms with Crippen LogP contribution in [0.3, 0.4) is 0 Å². The lowest BCUT2D eigenvalue weighted by atomic mass is 9.93. The third-order valence-corrected chi connectivity index (χ3v) is 2.70. The summed E-state index contributed by atoms with van der Waals surface area (Å²) in [5, 5.41) is 31.6. The quantitative estimate of drug-likeness (QED) is 0.482. The number of hydrogen-bond donors (Lipinski definition) is 4. The third-order valence-electron chi connectivity index (χ3n) is 2.70. The summed E-state index contributed by atoms with van der Waals surface area (Å²) in [5.74, 6) is 0. The maximum atomic E-state index is 9.85. The van der Waals surface area contributed by atoms with Crippen LogP contribution in [0.5, 0.6) is 0 Å². The van der Waals surface area contributed by atoms with Gasteiger partial charge in [0, 0.05) is 6.04 Å². The fraction of sp³-hybridized carbons (Fsp3) is 1.00. The summed E-state index contributed by atoms with van der Waals surface area (Å²) in [7, 11) is 0. The van der Waals surface area contributed by atoms with Crippen LogP contribution in [0.4, 0.5) is 0 Å².